The number of aliphatic hydroxyl groups is 1. The van der Waals surface area contributed by atoms with Gasteiger partial charge in [-0.1, -0.05) is 48.5 Å². The van der Waals surface area contributed by atoms with E-state index in [-0.39, 0.29) is 11.8 Å². The molecular weight excluding hydrogens is 302 g/mol. The molecule has 0 aromatic heterocycles. The summed E-state index contributed by atoms with van der Waals surface area (Å²) >= 11 is 0. The lowest BCUT2D eigenvalue weighted by molar-refractivity contribution is -0.127. The second-order valence-electron chi connectivity index (χ2n) is 6.20. The maximum atomic E-state index is 12.2. The quantitative estimate of drug-likeness (QED) is 0.858. The third-order valence-corrected chi connectivity index (χ3v) is 4.48. The van der Waals surface area contributed by atoms with Crippen LogP contribution in [0.15, 0.2) is 54.6 Å². The number of rotatable bonds is 6. The molecule has 1 saturated carbocycles. The van der Waals surface area contributed by atoms with Gasteiger partial charge in [-0.2, -0.15) is 0 Å². The van der Waals surface area contributed by atoms with Gasteiger partial charge in [-0.05, 0) is 30.9 Å². The summed E-state index contributed by atoms with van der Waals surface area (Å²) in [5.74, 6) is 0.425. The SMILES string of the molecule is O=C(NCc1ccccc1OCc1ccccc1)C1CCCC1O. The molecule has 2 unspecified atom stereocenters. The molecule has 0 bridgehead atoms. The minimum Gasteiger partial charge on any atom is -0.489 e. The summed E-state index contributed by atoms with van der Waals surface area (Å²) in [7, 11) is 0. The molecule has 1 amide bonds. The van der Waals surface area contributed by atoms with Crippen LogP contribution < -0.4 is 10.1 Å². The summed E-state index contributed by atoms with van der Waals surface area (Å²) in [6.45, 7) is 0.903. The van der Waals surface area contributed by atoms with Gasteiger partial charge in [-0.25, -0.2) is 0 Å². The number of carbonyl (C=O) groups excluding carboxylic acids is 1. The molecule has 0 aliphatic heterocycles. The van der Waals surface area contributed by atoms with E-state index in [9.17, 15) is 9.90 Å². The van der Waals surface area contributed by atoms with Gasteiger partial charge in [-0.15, -0.1) is 0 Å². The summed E-state index contributed by atoms with van der Waals surface area (Å²) in [5.41, 5.74) is 2.04. The van der Waals surface area contributed by atoms with Crippen molar-refractivity contribution in [2.75, 3.05) is 0 Å². The van der Waals surface area contributed by atoms with Crippen LogP contribution in [0.3, 0.4) is 0 Å². The first-order valence-electron chi connectivity index (χ1n) is 8.44. The molecule has 2 aromatic carbocycles. The smallest absolute Gasteiger partial charge is 0.225 e. The summed E-state index contributed by atoms with van der Waals surface area (Å²) in [4.78, 5) is 12.2. The molecule has 0 radical (unpaired) electrons. The van der Waals surface area contributed by atoms with Gasteiger partial charge in [0.1, 0.15) is 12.4 Å². The molecule has 0 spiro atoms. The van der Waals surface area contributed by atoms with Crippen LogP contribution in [-0.4, -0.2) is 17.1 Å². The molecule has 3 rings (SSSR count). The maximum absolute atomic E-state index is 12.2. The van der Waals surface area contributed by atoms with Crippen LogP contribution >= 0.6 is 0 Å². The Labute approximate surface area is 142 Å². The normalized spacial score (nSPS) is 19.9. The van der Waals surface area contributed by atoms with Crippen LogP contribution in [0.2, 0.25) is 0 Å². The van der Waals surface area contributed by atoms with Crippen molar-refractivity contribution in [3.8, 4) is 5.75 Å². The van der Waals surface area contributed by atoms with Gasteiger partial charge in [0, 0.05) is 12.1 Å². The summed E-state index contributed by atoms with van der Waals surface area (Å²) in [6, 6.07) is 17.7. The van der Waals surface area contributed by atoms with E-state index in [2.05, 4.69) is 5.32 Å². The lowest BCUT2D eigenvalue weighted by atomic mass is 10.1. The Morgan fingerprint density at radius 1 is 1.08 bits per heavy atom. The number of aliphatic hydroxyl groups excluding tert-OH is 1. The highest BCUT2D eigenvalue weighted by molar-refractivity contribution is 5.79. The van der Waals surface area contributed by atoms with E-state index in [1.807, 2.05) is 54.6 Å². The molecular formula is C20H23NO3. The fourth-order valence-electron chi connectivity index (χ4n) is 3.09. The Balaban J connectivity index is 1.58. The fraction of sp³-hybridized carbons (Fsp3) is 0.350. The average Bonchev–Trinajstić information content (AvgIpc) is 3.05. The topological polar surface area (TPSA) is 58.6 Å². The van der Waals surface area contributed by atoms with E-state index in [0.29, 0.717) is 13.2 Å². The third-order valence-electron chi connectivity index (χ3n) is 4.48. The second-order valence-corrected chi connectivity index (χ2v) is 6.20. The third kappa shape index (κ3) is 4.15. The summed E-state index contributed by atoms with van der Waals surface area (Å²) in [5, 5.41) is 12.8. The van der Waals surface area contributed by atoms with Gasteiger partial charge in [0.25, 0.3) is 0 Å². The van der Waals surface area contributed by atoms with E-state index < -0.39 is 6.10 Å². The van der Waals surface area contributed by atoms with Gasteiger partial charge >= 0.3 is 0 Å². The minimum absolute atomic E-state index is 0.0714. The number of hydrogen-bond acceptors (Lipinski definition) is 3. The van der Waals surface area contributed by atoms with Crippen molar-refractivity contribution < 1.29 is 14.6 Å². The Morgan fingerprint density at radius 2 is 1.83 bits per heavy atom. The number of hydrogen-bond donors (Lipinski definition) is 2. The molecule has 2 atom stereocenters. The maximum Gasteiger partial charge on any atom is 0.225 e. The molecule has 1 aliphatic rings. The number of benzene rings is 2. The standard InChI is InChI=1S/C20H23NO3/c22-18-11-6-10-17(18)20(23)21-13-16-9-4-5-12-19(16)24-14-15-7-2-1-3-8-15/h1-5,7-9,12,17-18,22H,6,10-11,13-14H2,(H,21,23). The Bertz CT molecular complexity index is 672. The zero-order valence-electron chi connectivity index (χ0n) is 13.7. The predicted molar refractivity (Wildman–Crippen MR) is 92.4 cm³/mol. The molecule has 24 heavy (non-hydrogen) atoms. The van der Waals surface area contributed by atoms with Crippen molar-refractivity contribution in [1.29, 1.82) is 0 Å². The second kappa shape index (κ2) is 7.97. The monoisotopic (exact) mass is 325 g/mol. The molecule has 4 nitrogen and oxygen atoms in total. The molecule has 1 aliphatic carbocycles. The largest absolute Gasteiger partial charge is 0.489 e. The number of ether oxygens (including phenoxy) is 1. The van der Waals surface area contributed by atoms with Crippen LogP contribution in [0, 0.1) is 5.92 Å². The first-order chi connectivity index (χ1) is 11.7. The Morgan fingerprint density at radius 3 is 2.58 bits per heavy atom. The molecule has 1 fully saturated rings. The van der Waals surface area contributed by atoms with Gasteiger partial charge in [0.2, 0.25) is 5.91 Å². The Hall–Kier alpha value is -2.33. The van der Waals surface area contributed by atoms with Crippen molar-refractivity contribution in [3.05, 3.63) is 65.7 Å². The number of carbonyl (C=O) groups is 1. The van der Waals surface area contributed by atoms with Gasteiger partial charge < -0.3 is 15.2 Å². The number of para-hydroxylation sites is 1. The van der Waals surface area contributed by atoms with Crippen molar-refractivity contribution in [2.45, 2.75) is 38.5 Å². The van der Waals surface area contributed by atoms with E-state index in [4.69, 9.17) is 4.74 Å². The molecule has 2 N–H and O–H groups in total. The van der Waals surface area contributed by atoms with Gasteiger partial charge in [0.05, 0.1) is 12.0 Å². The lowest BCUT2D eigenvalue weighted by Gasteiger charge is -2.16. The first-order valence-corrected chi connectivity index (χ1v) is 8.44. The lowest BCUT2D eigenvalue weighted by Crippen LogP contribution is -2.34. The van der Waals surface area contributed by atoms with Crippen molar-refractivity contribution in [2.24, 2.45) is 5.92 Å². The van der Waals surface area contributed by atoms with Crippen LogP contribution in [-0.2, 0) is 17.9 Å². The van der Waals surface area contributed by atoms with Crippen molar-refractivity contribution >= 4 is 5.91 Å². The van der Waals surface area contributed by atoms with Gasteiger partial charge in [-0.3, -0.25) is 4.79 Å². The number of amides is 1. The van der Waals surface area contributed by atoms with Crippen LogP contribution in [0.5, 0.6) is 5.75 Å². The van der Waals surface area contributed by atoms with Crippen molar-refractivity contribution in [3.63, 3.8) is 0 Å². The first kappa shape index (κ1) is 16.5. The van der Waals surface area contributed by atoms with E-state index >= 15 is 0 Å². The molecule has 2 aromatic rings. The zero-order chi connectivity index (χ0) is 16.8. The Kier molecular flexibility index (Phi) is 5.49. The van der Waals surface area contributed by atoms with Crippen LogP contribution in [0.4, 0.5) is 0 Å². The number of nitrogens with one attached hydrogen (secondary N) is 1. The molecule has 126 valence electrons. The van der Waals surface area contributed by atoms with Gasteiger partial charge in [0.15, 0.2) is 0 Å². The summed E-state index contributed by atoms with van der Waals surface area (Å²) in [6.07, 6.45) is 1.89. The average molecular weight is 325 g/mol. The van der Waals surface area contributed by atoms with E-state index in [0.717, 1.165) is 36.1 Å². The highest BCUT2D eigenvalue weighted by Crippen LogP contribution is 2.26. The van der Waals surface area contributed by atoms with Crippen LogP contribution in [0.1, 0.15) is 30.4 Å². The van der Waals surface area contributed by atoms with Crippen molar-refractivity contribution in [1.82, 2.24) is 5.32 Å². The zero-order valence-corrected chi connectivity index (χ0v) is 13.7. The molecule has 4 heteroatoms. The predicted octanol–water partition coefficient (Wildman–Crippen LogP) is 3.04. The van der Waals surface area contributed by atoms with E-state index in [1.54, 1.807) is 0 Å². The van der Waals surface area contributed by atoms with Crippen LogP contribution in [0.25, 0.3) is 0 Å². The molecule has 0 saturated heterocycles. The fourth-order valence-corrected chi connectivity index (χ4v) is 3.09. The highest BCUT2D eigenvalue weighted by Gasteiger charge is 2.31. The van der Waals surface area contributed by atoms with E-state index in [1.165, 1.54) is 0 Å². The minimum atomic E-state index is -0.505. The highest BCUT2D eigenvalue weighted by atomic mass is 16.5. The molecule has 0 heterocycles. The summed E-state index contributed by atoms with van der Waals surface area (Å²) < 4.78 is 5.90.